The lowest BCUT2D eigenvalue weighted by atomic mass is 10.0. The van der Waals surface area contributed by atoms with Gasteiger partial charge in [0.15, 0.2) is 0 Å². The summed E-state index contributed by atoms with van der Waals surface area (Å²) in [5.41, 5.74) is 0. The first-order valence-corrected chi connectivity index (χ1v) is 13.3. The molecule has 3 unspecified atom stereocenters. The van der Waals surface area contributed by atoms with Crippen LogP contribution in [-0.4, -0.2) is 42.0 Å². The van der Waals surface area contributed by atoms with Crippen LogP contribution in [0.15, 0.2) is 0 Å². The molecule has 5 aliphatic heterocycles. The second kappa shape index (κ2) is 9.14. The molecule has 7 heteroatoms. The van der Waals surface area contributed by atoms with Crippen LogP contribution < -0.4 is 0 Å². The quantitative estimate of drug-likeness (QED) is 0.146. The van der Waals surface area contributed by atoms with E-state index in [9.17, 15) is 4.79 Å². The fourth-order valence-corrected chi connectivity index (χ4v) is 5.35. The van der Waals surface area contributed by atoms with Gasteiger partial charge in [-0.3, -0.25) is 23.7 Å². The summed E-state index contributed by atoms with van der Waals surface area (Å²) in [4.78, 5) is 11.6. The smallest absolute Gasteiger partial charge is 0.355 e. The van der Waals surface area contributed by atoms with Gasteiger partial charge in [-0.15, -0.1) is 0 Å². The summed E-state index contributed by atoms with van der Waals surface area (Å²) in [5, 5.41) is 0. The topological polar surface area (TPSA) is 85.7 Å². The minimum atomic E-state index is -0.726. The first kappa shape index (κ1) is 23.0. The third kappa shape index (κ3) is 4.02. The largest absolute Gasteiger partial charge is 0.466 e. The van der Waals surface area contributed by atoms with Crippen LogP contribution in [0.5, 0.6) is 0 Å². The highest BCUT2D eigenvalue weighted by Gasteiger charge is 3.23. The molecule has 0 aromatic carbocycles. The Labute approximate surface area is 191 Å². The van der Waals surface area contributed by atoms with E-state index in [0.717, 1.165) is 38.5 Å². The summed E-state index contributed by atoms with van der Waals surface area (Å²) >= 11 is 0. The third-order valence-electron chi connectivity index (χ3n) is 7.59. The van der Waals surface area contributed by atoms with Crippen LogP contribution in [0.2, 0.25) is 0 Å². The van der Waals surface area contributed by atoms with Crippen LogP contribution in [0.4, 0.5) is 0 Å². The van der Waals surface area contributed by atoms with E-state index in [0.29, 0.717) is 13.0 Å². The first-order chi connectivity index (χ1) is 15.6. The van der Waals surface area contributed by atoms with Crippen molar-refractivity contribution in [1.29, 1.82) is 0 Å². The predicted molar refractivity (Wildman–Crippen MR) is 115 cm³/mol. The Morgan fingerprint density at radius 2 is 1.31 bits per heavy atom. The minimum Gasteiger partial charge on any atom is -0.466 e. The van der Waals surface area contributed by atoms with Gasteiger partial charge >= 0.3 is 17.7 Å². The standard InChI is InChI=1S/C25H40O7/c1-2-3-16-19-27-21(26)18-15-13-11-9-7-5-4-6-8-10-12-14-17-20-22(28-20)23(29-22)24-25(30-23,31-24)32-24/h20H,2-19H2,1H3. The van der Waals surface area contributed by atoms with Crippen molar-refractivity contribution >= 4 is 5.97 Å². The number of hydrogen-bond donors (Lipinski definition) is 0. The van der Waals surface area contributed by atoms with Gasteiger partial charge in [-0.1, -0.05) is 90.4 Å². The van der Waals surface area contributed by atoms with Crippen molar-refractivity contribution in [3.05, 3.63) is 0 Å². The summed E-state index contributed by atoms with van der Waals surface area (Å²) in [5.74, 6) is -2.59. The monoisotopic (exact) mass is 452 g/mol. The Hall–Kier alpha value is -0.730. The number of rotatable bonds is 19. The summed E-state index contributed by atoms with van der Waals surface area (Å²) in [6.07, 6.45) is 20.1. The number of hydrogen-bond acceptors (Lipinski definition) is 7. The highest BCUT2D eigenvalue weighted by molar-refractivity contribution is 5.69. The van der Waals surface area contributed by atoms with E-state index in [1.165, 1.54) is 64.2 Å². The normalized spacial score (nSPS) is 38.8. The van der Waals surface area contributed by atoms with Gasteiger partial charge in [-0.2, -0.15) is 0 Å². The van der Waals surface area contributed by atoms with Crippen molar-refractivity contribution in [3.63, 3.8) is 0 Å². The average Bonchev–Trinajstić information content (AvgIpc) is 3.69. The maximum atomic E-state index is 11.6. The lowest BCUT2D eigenvalue weighted by molar-refractivity contribution is -0.166. The molecular formula is C25H40O7. The van der Waals surface area contributed by atoms with E-state index in [1.807, 2.05) is 0 Å². The van der Waals surface area contributed by atoms with Gasteiger partial charge in [0.25, 0.3) is 11.6 Å². The van der Waals surface area contributed by atoms with Gasteiger partial charge in [0.05, 0.1) is 6.61 Å². The molecule has 5 rings (SSSR count). The zero-order chi connectivity index (χ0) is 22.1. The molecule has 0 radical (unpaired) electrons. The molecule has 7 nitrogen and oxygen atoms in total. The molecule has 0 saturated carbocycles. The summed E-state index contributed by atoms with van der Waals surface area (Å²) in [6.45, 7) is 2.75. The van der Waals surface area contributed by atoms with Gasteiger partial charge in [0, 0.05) is 6.42 Å². The number of ether oxygens (including phenoxy) is 6. The van der Waals surface area contributed by atoms with Gasteiger partial charge in [0.2, 0.25) is 0 Å². The summed E-state index contributed by atoms with van der Waals surface area (Å²) < 4.78 is 33.1. The zero-order valence-electron chi connectivity index (χ0n) is 19.7. The van der Waals surface area contributed by atoms with Crippen molar-refractivity contribution in [1.82, 2.24) is 0 Å². The molecule has 5 heterocycles. The molecular weight excluding hydrogens is 412 g/mol. The van der Waals surface area contributed by atoms with Gasteiger partial charge < -0.3 is 9.47 Å². The maximum absolute atomic E-state index is 11.6. The van der Waals surface area contributed by atoms with Crippen LogP contribution in [-0.2, 0) is 33.2 Å². The number of epoxide rings is 4. The van der Waals surface area contributed by atoms with Crippen LogP contribution >= 0.6 is 0 Å². The number of carbonyl (C=O) groups excluding carboxylic acids is 1. The molecule has 0 amide bonds. The van der Waals surface area contributed by atoms with Gasteiger partial charge in [0.1, 0.15) is 6.10 Å². The second-order valence-electron chi connectivity index (χ2n) is 10.2. The predicted octanol–water partition coefficient (Wildman–Crippen LogP) is 5.44. The Morgan fingerprint density at radius 3 is 1.88 bits per heavy atom. The minimum absolute atomic E-state index is 0.0149. The number of unbranched alkanes of at least 4 members (excludes halogenated alkanes) is 13. The lowest BCUT2D eigenvalue weighted by Crippen LogP contribution is -2.41. The van der Waals surface area contributed by atoms with Crippen molar-refractivity contribution in [2.75, 3.05) is 6.61 Å². The number of fused-ring (bicyclic) bond motifs is 1. The molecule has 5 saturated heterocycles. The molecule has 5 aliphatic rings. The average molecular weight is 453 g/mol. The summed E-state index contributed by atoms with van der Waals surface area (Å²) in [7, 11) is 0. The Balaban J connectivity index is 0.748. The number of esters is 1. The SMILES string of the molecule is CCCCCOC(=O)CCCCCCCCCCCCCCC1OC12OC21OC23OC21O3. The highest BCUT2D eigenvalue weighted by Crippen LogP contribution is 2.93. The molecule has 182 valence electrons. The molecule has 3 atom stereocenters. The van der Waals surface area contributed by atoms with E-state index in [4.69, 9.17) is 28.4 Å². The Kier molecular flexibility index (Phi) is 6.58. The van der Waals surface area contributed by atoms with Crippen LogP contribution in [0, 0.1) is 0 Å². The Morgan fingerprint density at radius 1 is 0.719 bits per heavy atom. The fraction of sp³-hybridized carbons (Fsp3) is 0.960. The molecule has 0 aromatic heterocycles. The second-order valence-corrected chi connectivity index (χ2v) is 10.2. The van der Waals surface area contributed by atoms with Crippen molar-refractivity contribution in [3.8, 4) is 0 Å². The molecule has 0 aliphatic carbocycles. The molecule has 0 N–H and O–H groups in total. The highest BCUT2D eigenvalue weighted by atomic mass is 17.3. The fourth-order valence-electron chi connectivity index (χ4n) is 5.35. The molecule has 32 heavy (non-hydrogen) atoms. The van der Waals surface area contributed by atoms with Crippen molar-refractivity contribution < 1.29 is 33.2 Å². The zero-order valence-corrected chi connectivity index (χ0v) is 19.7. The maximum Gasteiger partial charge on any atom is 0.355 e. The Bertz CT molecular complexity index is 675. The van der Waals surface area contributed by atoms with Gasteiger partial charge in [-0.05, 0) is 19.3 Å². The van der Waals surface area contributed by atoms with E-state index >= 15 is 0 Å². The van der Waals surface area contributed by atoms with E-state index in [1.54, 1.807) is 0 Å². The van der Waals surface area contributed by atoms with Gasteiger partial charge in [-0.25, -0.2) is 0 Å². The van der Waals surface area contributed by atoms with Crippen molar-refractivity contribution in [2.24, 2.45) is 0 Å². The van der Waals surface area contributed by atoms with Crippen molar-refractivity contribution in [2.45, 2.75) is 146 Å². The molecule has 0 bridgehead atoms. The van der Waals surface area contributed by atoms with Crippen LogP contribution in [0.25, 0.3) is 0 Å². The van der Waals surface area contributed by atoms with E-state index in [-0.39, 0.29) is 12.1 Å². The van der Waals surface area contributed by atoms with E-state index < -0.39 is 23.3 Å². The summed E-state index contributed by atoms with van der Waals surface area (Å²) in [6, 6.07) is 0. The first-order valence-electron chi connectivity index (χ1n) is 13.3. The third-order valence-corrected chi connectivity index (χ3v) is 7.59. The molecule has 5 fully saturated rings. The van der Waals surface area contributed by atoms with Crippen LogP contribution in [0.3, 0.4) is 0 Å². The molecule has 0 aromatic rings. The lowest BCUT2D eigenvalue weighted by Gasteiger charge is -2.08. The number of carbonyl (C=O) groups is 1. The van der Waals surface area contributed by atoms with E-state index in [2.05, 4.69) is 6.92 Å². The molecule has 2 spiro atoms. The van der Waals surface area contributed by atoms with Crippen LogP contribution in [0.1, 0.15) is 116 Å².